The molecule has 2 aromatic rings. The van der Waals surface area contributed by atoms with E-state index in [0.717, 1.165) is 34.2 Å². The third kappa shape index (κ3) is 2.03. The minimum absolute atomic E-state index is 0.699. The Balaban J connectivity index is 2.12. The number of halogens is 2. The summed E-state index contributed by atoms with van der Waals surface area (Å²) in [5, 5.41) is 11.7. The third-order valence-corrected chi connectivity index (χ3v) is 5.44. The molecule has 94 valence electrons. The first-order valence-corrected chi connectivity index (χ1v) is 7.85. The number of benzene rings is 1. The molecule has 4 heteroatoms. The van der Waals surface area contributed by atoms with Crippen molar-refractivity contribution in [3.63, 3.8) is 0 Å². The van der Waals surface area contributed by atoms with Crippen LogP contribution in [-0.2, 0) is 12.0 Å². The first kappa shape index (κ1) is 12.7. The van der Waals surface area contributed by atoms with Crippen LogP contribution in [0.5, 0.6) is 0 Å². The molecular formula is C14H12BrClOS. The van der Waals surface area contributed by atoms with Crippen molar-refractivity contribution >= 4 is 38.9 Å². The molecule has 1 aliphatic carbocycles. The summed E-state index contributed by atoms with van der Waals surface area (Å²) in [5.74, 6) is 0. The van der Waals surface area contributed by atoms with E-state index in [-0.39, 0.29) is 0 Å². The van der Waals surface area contributed by atoms with Crippen molar-refractivity contribution in [3.05, 3.63) is 55.1 Å². The van der Waals surface area contributed by atoms with Crippen LogP contribution in [-0.4, -0.2) is 5.11 Å². The van der Waals surface area contributed by atoms with Gasteiger partial charge in [-0.2, -0.15) is 0 Å². The van der Waals surface area contributed by atoms with E-state index in [9.17, 15) is 5.11 Å². The van der Waals surface area contributed by atoms with Gasteiger partial charge in [0, 0.05) is 15.5 Å². The molecule has 18 heavy (non-hydrogen) atoms. The molecule has 1 aromatic carbocycles. The Kier molecular flexibility index (Phi) is 3.27. The molecule has 1 nitrogen and oxygen atoms in total. The maximum Gasteiger partial charge on any atom is 0.116 e. The summed E-state index contributed by atoms with van der Waals surface area (Å²) in [6.45, 7) is 0. The second-order valence-electron chi connectivity index (χ2n) is 4.61. The summed E-state index contributed by atoms with van der Waals surface area (Å²) in [6, 6.07) is 9.56. The highest BCUT2D eigenvalue weighted by molar-refractivity contribution is 9.11. The van der Waals surface area contributed by atoms with Crippen molar-refractivity contribution in [2.75, 3.05) is 0 Å². The predicted octanol–water partition coefficient (Wildman–Crippen LogP) is 4.74. The fourth-order valence-electron chi connectivity index (χ4n) is 2.60. The Hall–Kier alpha value is -0.350. The number of thiophene rings is 1. The molecule has 3 rings (SSSR count). The predicted molar refractivity (Wildman–Crippen MR) is 79.4 cm³/mol. The van der Waals surface area contributed by atoms with Crippen LogP contribution in [0.25, 0.3) is 0 Å². The van der Waals surface area contributed by atoms with E-state index >= 15 is 0 Å². The van der Waals surface area contributed by atoms with Crippen molar-refractivity contribution < 1.29 is 5.11 Å². The fourth-order valence-corrected chi connectivity index (χ4v) is 4.53. The molecule has 0 bridgehead atoms. The van der Waals surface area contributed by atoms with Gasteiger partial charge < -0.3 is 5.11 Å². The molecule has 1 atom stereocenters. The number of hydrogen-bond donors (Lipinski definition) is 1. The molecule has 1 unspecified atom stereocenters. The molecule has 0 spiro atoms. The van der Waals surface area contributed by atoms with Crippen molar-refractivity contribution in [1.29, 1.82) is 0 Å². The van der Waals surface area contributed by atoms with Crippen LogP contribution >= 0.6 is 38.9 Å². The zero-order valence-electron chi connectivity index (χ0n) is 9.62. The van der Waals surface area contributed by atoms with Crippen LogP contribution in [0.3, 0.4) is 0 Å². The Labute approximate surface area is 124 Å². The minimum atomic E-state index is -0.860. The van der Waals surface area contributed by atoms with E-state index in [1.807, 2.05) is 30.3 Å². The Morgan fingerprint density at radius 1 is 1.28 bits per heavy atom. The first-order valence-electron chi connectivity index (χ1n) is 5.87. The topological polar surface area (TPSA) is 20.2 Å². The SMILES string of the molecule is OC1(c2ccc(Cl)cc2)CCCc2sc(Br)cc21. The lowest BCUT2D eigenvalue weighted by atomic mass is 9.78. The van der Waals surface area contributed by atoms with E-state index < -0.39 is 5.60 Å². The average Bonchev–Trinajstić information content (AvgIpc) is 2.72. The lowest BCUT2D eigenvalue weighted by Crippen LogP contribution is -2.30. The molecule has 0 saturated carbocycles. The number of rotatable bonds is 1. The Morgan fingerprint density at radius 3 is 2.72 bits per heavy atom. The summed E-state index contributed by atoms with van der Waals surface area (Å²) in [7, 11) is 0. The molecule has 0 amide bonds. The lowest BCUT2D eigenvalue weighted by molar-refractivity contribution is 0.0625. The van der Waals surface area contributed by atoms with Crippen molar-refractivity contribution in [3.8, 4) is 0 Å². The highest BCUT2D eigenvalue weighted by Gasteiger charge is 2.37. The van der Waals surface area contributed by atoms with Gasteiger partial charge in [-0.1, -0.05) is 23.7 Å². The summed E-state index contributed by atoms with van der Waals surface area (Å²) >= 11 is 11.1. The molecule has 1 aliphatic rings. The molecule has 1 aromatic heterocycles. The average molecular weight is 344 g/mol. The fraction of sp³-hybridized carbons (Fsp3) is 0.286. The second-order valence-corrected chi connectivity index (χ2v) is 7.56. The van der Waals surface area contributed by atoms with E-state index in [1.165, 1.54) is 4.88 Å². The molecule has 0 radical (unpaired) electrons. The number of fused-ring (bicyclic) bond motifs is 1. The van der Waals surface area contributed by atoms with Gasteiger partial charge in [0.1, 0.15) is 5.60 Å². The standard InChI is InChI=1S/C14H12BrClOS/c15-13-8-11-12(18-13)2-1-7-14(11,17)9-3-5-10(16)6-4-9/h3-6,8,17H,1-2,7H2. The molecule has 0 saturated heterocycles. The van der Waals surface area contributed by atoms with E-state index in [0.29, 0.717) is 5.02 Å². The summed E-state index contributed by atoms with van der Waals surface area (Å²) < 4.78 is 1.08. The normalized spacial score (nSPS) is 22.8. The monoisotopic (exact) mass is 342 g/mol. The van der Waals surface area contributed by atoms with Crippen LogP contribution in [0, 0.1) is 0 Å². The number of aryl methyl sites for hydroxylation is 1. The van der Waals surface area contributed by atoms with Crippen molar-refractivity contribution in [1.82, 2.24) is 0 Å². The van der Waals surface area contributed by atoms with Gasteiger partial charge in [0.25, 0.3) is 0 Å². The quantitative estimate of drug-likeness (QED) is 0.793. The molecule has 0 fully saturated rings. The molecule has 1 heterocycles. The van der Waals surface area contributed by atoms with Crippen LogP contribution < -0.4 is 0 Å². The number of hydrogen-bond acceptors (Lipinski definition) is 2. The van der Waals surface area contributed by atoms with Gasteiger partial charge in [-0.25, -0.2) is 0 Å². The van der Waals surface area contributed by atoms with Crippen molar-refractivity contribution in [2.45, 2.75) is 24.9 Å². The first-order chi connectivity index (χ1) is 8.59. The molecule has 1 N–H and O–H groups in total. The van der Waals surface area contributed by atoms with E-state index in [2.05, 4.69) is 15.9 Å². The van der Waals surface area contributed by atoms with Crippen LogP contribution in [0.4, 0.5) is 0 Å². The van der Waals surface area contributed by atoms with Gasteiger partial charge in [0.2, 0.25) is 0 Å². The van der Waals surface area contributed by atoms with Crippen LogP contribution in [0.1, 0.15) is 28.8 Å². The second kappa shape index (κ2) is 4.64. The van der Waals surface area contributed by atoms with Gasteiger partial charge >= 0.3 is 0 Å². The lowest BCUT2D eigenvalue weighted by Gasteiger charge is -2.33. The van der Waals surface area contributed by atoms with Gasteiger partial charge in [-0.3, -0.25) is 0 Å². The summed E-state index contributed by atoms with van der Waals surface area (Å²) in [5.41, 5.74) is 1.12. The van der Waals surface area contributed by atoms with Crippen molar-refractivity contribution in [2.24, 2.45) is 0 Å². The summed E-state index contributed by atoms with van der Waals surface area (Å²) in [4.78, 5) is 1.28. The minimum Gasteiger partial charge on any atom is -0.380 e. The Bertz CT molecular complexity index is 578. The van der Waals surface area contributed by atoms with E-state index in [4.69, 9.17) is 11.6 Å². The number of aliphatic hydroxyl groups is 1. The summed E-state index contributed by atoms with van der Waals surface area (Å²) in [6.07, 6.45) is 2.84. The molecular weight excluding hydrogens is 332 g/mol. The molecule has 0 aliphatic heterocycles. The largest absolute Gasteiger partial charge is 0.380 e. The maximum atomic E-state index is 11.0. The third-order valence-electron chi connectivity index (χ3n) is 3.49. The van der Waals surface area contributed by atoms with E-state index in [1.54, 1.807) is 11.3 Å². The zero-order chi connectivity index (χ0) is 12.8. The zero-order valence-corrected chi connectivity index (χ0v) is 12.8. The van der Waals surface area contributed by atoms with Gasteiger partial charge in [0.05, 0.1) is 3.79 Å². The highest BCUT2D eigenvalue weighted by atomic mass is 79.9. The van der Waals surface area contributed by atoms with Gasteiger partial charge in [-0.15, -0.1) is 11.3 Å². The smallest absolute Gasteiger partial charge is 0.116 e. The van der Waals surface area contributed by atoms with Gasteiger partial charge in [-0.05, 0) is 59.0 Å². The van der Waals surface area contributed by atoms with Gasteiger partial charge in [0.15, 0.2) is 0 Å². The van der Waals surface area contributed by atoms with Crippen LogP contribution in [0.2, 0.25) is 5.02 Å². The van der Waals surface area contributed by atoms with Crippen LogP contribution in [0.15, 0.2) is 34.1 Å². The Morgan fingerprint density at radius 2 is 2.00 bits per heavy atom. The highest BCUT2D eigenvalue weighted by Crippen LogP contribution is 2.45. The maximum absolute atomic E-state index is 11.0.